The molecule has 1 heterocycles. The predicted octanol–water partition coefficient (Wildman–Crippen LogP) is 1.46. The molecule has 0 spiro atoms. The van der Waals surface area contributed by atoms with Crippen LogP contribution in [0.25, 0.3) is 0 Å². The van der Waals surface area contributed by atoms with Crippen LogP contribution in [0.3, 0.4) is 0 Å². The summed E-state index contributed by atoms with van der Waals surface area (Å²) in [6.45, 7) is 5.93. The average Bonchev–Trinajstić information content (AvgIpc) is 2.95. The predicted molar refractivity (Wildman–Crippen MR) is 86.3 cm³/mol. The van der Waals surface area contributed by atoms with Crippen LogP contribution in [-0.2, 0) is 9.59 Å². The highest BCUT2D eigenvalue weighted by atomic mass is 16.2. The molecule has 22 heavy (non-hydrogen) atoms. The van der Waals surface area contributed by atoms with E-state index in [9.17, 15) is 9.59 Å². The molecular formula is C17H25N3O2. The van der Waals surface area contributed by atoms with Gasteiger partial charge in [-0.15, -0.1) is 0 Å². The second-order valence-electron chi connectivity index (χ2n) is 5.87. The Morgan fingerprint density at radius 3 is 2.73 bits per heavy atom. The summed E-state index contributed by atoms with van der Waals surface area (Å²) in [5, 5.41) is 5.70. The molecular weight excluding hydrogens is 278 g/mol. The van der Waals surface area contributed by atoms with Crippen molar-refractivity contribution < 1.29 is 9.59 Å². The molecule has 0 aromatic heterocycles. The number of hydrogen-bond acceptors (Lipinski definition) is 3. The number of nitrogens with one attached hydrogen (secondary N) is 2. The van der Waals surface area contributed by atoms with E-state index in [4.69, 9.17) is 0 Å². The largest absolute Gasteiger partial charge is 0.356 e. The van der Waals surface area contributed by atoms with Crippen molar-refractivity contribution in [3.63, 3.8) is 0 Å². The molecule has 1 aromatic rings. The van der Waals surface area contributed by atoms with E-state index < -0.39 is 0 Å². The van der Waals surface area contributed by atoms with Crippen LogP contribution in [0.15, 0.2) is 30.3 Å². The van der Waals surface area contributed by atoms with Gasteiger partial charge in [-0.3, -0.25) is 14.5 Å². The lowest BCUT2D eigenvalue weighted by Crippen LogP contribution is -2.39. The van der Waals surface area contributed by atoms with Gasteiger partial charge in [0.1, 0.15) is 0 Å². The summed E-state index contributed by atoms with van der Waals surface area (Å²) in [7, 11) is 0. The summed E-state index contributed by atoms with van der Waals surface area (Å²) in [5.41, 5.74) is 1.31. The zero-order valence-electron chi connectivity index (χ0n) is 13.3. The number of likely N-dealkylation sites (tertiary alicyclic amines) is 1. The molecule has 2 amide bonds. The minimum absolute atomic E-state index is 0.00737. The van der Waals surface area contributed by atoms with Crippen LogP contribution >= 0.6 is 0 Å². The Kier molecular flexibility index (Phi) is 5.95. The number of rotatable bonds is 6. The highest BCUT2D eigenvalue weighted by Crippen LogP contribution is 2.24. The number of benzene rings is 1. The fourth-order valence-corrected chi connectivity index (χ4v) is 2.85. The molecule has 1 aliphatic rings. The molecule has 0 aliphatic carbocycles. The lowest BCUT2D eigenvalue weighted by Gasteiger charge is -2.24. The summed E-state index contributed by atoms with van der Waals surface area (Å²) in [5.74, 6) is -0.0931. The van der Waals surface area contributed by atoms with Crippen LogP contribution in [0.1, 0.15) is 38.3 Å². The van der Waals surface area contributed by atoms with Gasteiger partial charge in [-0.05, 0) is 18.9 Å². The first-order valence-corrected chi connectivity index (χ1v) is 7.89. The van der Waals surface area contributed by atoms with Crippen molar-refractivity contribution in [3.8, 4) is 0 Å². The molecule has 1 fully saturated rings. The molecule has 1 saturated heterocycles. The lowest BCUT2D eigenvalue weighted by molar-refractivity contribution is -0.122. The lowest BCUT2D eigenvalue weighted by atomic mass is 10.1. The third kappa shape index (κ3) is 4.84. The average molecular weight is 303 g/mol. The highest BCUT2D eigenvalue weighted by Gasteiger charge is 2.27. The van der Waals surface area contributed by atoms with E-state index in [0.717, 1.165) is 19.5 Å². The zero-order chi connectivity index (χ0) is 15.9. The second-order valence-corrected chi connectivity index (χ2v) is 5.87. The maximum Gasteiger partial charge on any atom is 0.222 e. The number of carbonyl (C=O) groups excluding carboxylic acids is 2. The van der Waals surface area contributed by atoms with Crippen LogP contribution in [0.2, 0.25) is 0 Å². The SMILES string of the molecule is CC(=O)NCCC(=O)N[C@H]1CCN([C@@H](C)c2ccccc2)C1. The van der Waals surface area contributed by atoms with Gasteiger partial charge in [0.2, 0.25) is 11.8 Å². The summed E-state index contributed by atoms with van der Waals surface area (Å²) in [4.78, 5) is 25.0. The van der Waals surface area contributed by atoms with Crippen molar-refractivity contribution in [2.45, 2.75) is 38.8 Å². The summed E-state index contributed by atoms with van der Waals surface area (Å²) >= 11 is 0. The van der Waals surface area contributed by atoms with Gasteiger partial charge in [0, 0.05) is 45.1 Å². The molecule has 5 heteroatoms. The topological polar surface area (TPSA) is 61.4 Å². The molecule has 2 N–H and O–H groups in total. The Labute approximate surface area is 132 Å². The molecule has 1 aromatic carbocycles. The maximum atomic E-state index is 11.8. The first kappa shape index (κ1) is 16.5. The number of nitrogens with zero attached hydrogens (tertiary/aromatic N) is 1. The van der Waals surface area contributed by atoms with Crippen molar-refractivity contribution in [3.05, 3.63) is 35.9 Å². The molecule has 5 nitrogen and oxygen atoms in total. The van der Waals surface area contributed by atoms with Gasteiger partial charge >= 0.3 is 0 Å². The van der Waals surface area contributed by atoms with Crippen LogP contribution in [0.4, 0.5) is 0 Å². The van der Waals surface area contributed by atoms with Gasteiger partial charge in [-0.25, -0.2) is 0 Å². The maximum absolute atomic E-state index is 11.8. The standard InChI is InChI=1S/C17H25N3O2/c1-13(15-6-4-3-5-7-15)20-11-9-16(12-20)19-17(22)8-10-18-14(2)21/h3-7,13,16H,8-12H2,1-2H3,(H,18,21)(H,19,22)/t13-,16-/m0/s1. The van der Waals surface area contributed by atoms with Crippen molar-refractivity contribution in [1.82, 2.24) is 15.5 Å². The third-order valence-electron chi connectivity index (χ3n) is 4.14. The summed E-state index contributed by atoms with van der Waals surface area (Å²) in [6, 6.07) is 11.0. The minimum Gasteiger partial charge on any atom is -0.356 e. The van der Waals surface area contributed by atoms with E-state index >= 15 is 0 Å². The summed E-state index contributed by atoms with van der Waals surface area (Å²) in [6.07, 6.45) is 1.31. The van der Waals surface area contributed by atoms with Crippen molar-refractivity contribution in [2.75, 3.05) is 19.6 Å². The van der Waals surface area contributed by atoms with Gasteiger partial charge in [-0.1, -0.05) is 30.3 Å². The van der Waals surface area contributed by atoms with Crippen molar-refractivity contribution in [2.24, 2.45) is 0 Å². The van der Waals surface area contributed by atoms with E-state index in [2.05, 4.69) is 46.7 Å². The Morgan fingerprint density at radius 2 is 2.05 bits per heavy atom. The molecule has 0 saturated carbocycles. The monoisotopic (exact) mass is 303 g/mol. The molecule has 2 atom stereocenters. The molecule has 1 aliphatic heterocycles. The third-order valence-corrected chi connectivity index (χ3v) is 4.14. The fourth-order valence-electron chi connectivity index (χ4n) is 2.85. The van der Waals surface area contributed by atoms with Gasteiger partial charge in [0.25, 0.3) is 0 Å². The Bertz CT molecular complexity index is 504. The van der Waals surface area contributed by atoms with E-state index in [1.54, 1.807) is 0 Å². The fraction of sp³-hybridized carbons (Fsp3) is 0.529. The van der Waals surface area contributed by atoms with Gasteiger partial charge < -0.3 is 10.6 Å². The molecule has 0 radical (unpaired) electrons. The van der Waals surface area contributed by atoms with Crippen LogP contribution in [0.5, 0.6) is 0 Å². The van der Waals surface area contributed by atoms with Gasteiger partial charge in [0.05, 0.1) is 0 Å². The van der Waals surface area contributed by atoms with Gasteiger partial charge in [-0.2, -0.15) is 0 Å². The number of amides is 2. The smallest absolute Gasteiger partial charge is 0.222 e. The second kappa shape index (κ2) is 7.94. The Hall–Kier alpha value is -1.88. The van der Waals surface area contributed by atoms with Crippen LogP contribution in [0, 0.1) is 0 Å². The van der Waals surface area contributed by atoms with E-state index in [-0.39, 0.29) is 17.9 Å². The highest BCUT2D eigenvalue weighted by molar-refractivity contribution is 5.78. The minimum atomic E-state index is -0.100. The quantitative estimate of drug-likeness (QED) is 0.836. The van der Waals surface area contributed by atoms with Crippen molar-refractivity contribution in [1.29, 1.82) is 0 Å². The molecule has 120 valence electrons. The van der Waals surface area contributed by atoms with Crippen molar-refractivity contribution >= 4 is 11.8 Å². The molecule has 2 rings (SSSR count). The zero-order valence-corrected chi connectivity index (χ0v) is 13.3. The van der Waals surface area contributed by atoms with Crippen LogP contribution < -0.4 is 10.6 Å². The first-order chi connectivity index (χ1) is 10.6. The first-order valence-electron chi connectivity index (χ1n) is 7.89. The Morgan fingerprint density at radius 1 is 1.32 bits per heavy atom. The van der Waals surface area contributed by atoms with E-state index in [0.29, 0.717) is 19.0 Å². The van der Waals surface area contributed by atoms with Gasteiger partial charge in [0.15, 0.2) is 0 Å². The summed E-state index contributed by atoms with van der Waals surface area (Å²) < 4.78 is 0. The van der Waals surface area contributed by atoms with E-state index in [1.165, 1.54) is 12.5 Å². The number of hydrogen-bond donors (Lipinski definition) is 2. The number of carbonyl (C=O) groups is 2. The normalized spacial score (nSPS) is 19.6. The van der Waals surface area contributed by atoms with Crippen LogP contribution in [-0.4, -0.2) is 42.4 Å². The molecule has 0 bridgehead atoms. The van der Waals surface area contributed by atoms with E-state index in [1.807, 2.05) is 6.07 Å². The Balaban J connectivity index is 1.75. The molecule has 0 unspecified atom stereocenters.